The van der Waals surface area contributed by atoms with Gasteiger partial charge in [-0.05, 0) is 61.4 Å². The maximum Gasteiger partial charge on any atom is 0.255 e. The summed E-state index contributed by atoms with van der Waals surface area (Å²) in [4.78, 5) is 27.1. The lowest BCUT2D eigenvalue weighted by atomic mass is 10.0. The summed E-state index contributed by atoms with van der Waals surface area (Å²) in [5.74, 6) is -0.162. The Labute approximate surface area is 182 Å². The fraction of sp³-hybridized carbons (Fsp3) is 0.200. The van der Waals surface area contributed by atoms with Crippen LogP contribution < -0.4 is 10.6 Å². The summed E-state index contributed by atoms with van der Waals surface area (Å²) in [6.07, 6.45) is 1.62. The van der Waals surface area contributed by atoms with Crippen molar-refractivity contribution in [3.8, 4) is 0 Å². The molecule has 3 aromatic carbocycles. The molecule has 30 heavy (non-hydrogen) atoms. The Morgan fingerprint density at radius 1 is 0.800 bits per heavy atom. The Bertz CT molecular complexity index is 984. The van der Waals surface area contributed by atoms with Crippen LogP contribution in [-0.2, 0) is 4.79 Å². The van der Waals surface area contributed by atoms with Gasteiger partial charge in [0.05, 0.1) is 5.69 Å². The number of carbonyl (C=O) groups is 2. The lowest BCUT2D eigenvalue weighted by Gasteiger charge is -2.13. The first kappa shape index (κ1) is 21.7. The van der Waals surface area contributed by atoms with Crippen molar-refractivity contribution in [1.82, 2.24) is 0 Å². The molecule has 5 heteroatoms. The zero-order valence-corrected chi connectivity index (χ0v) is 18.0. The summed E-state index contributed by atoms with van der Waals surface area (Å²) in [5, 5.41) is 5.92. The molecule has 0 spiro atoms. The van der Waals surface area contributed by atoms with E-state index in [1.54, 1.807) is 36.0 Å². The second-order valence-corrected chi connectivity index (χ2v) is 8.06. The number of hydrogen-bond donors (Lipinski definition) is 2. The third-order valence-corrected chi connectivity index (χ3v) is 5.96. The van der Waals surface area contributed by atoms with Crippen molar-refractivity contribution in [1.29, 1.82) is 0 Å². The molecule has 0 radical (unpaired) electrons. The average Bonchev–Trinajstić information content (AvgIpc) is 2.77. The summed E-state index contributed by atoms with van der Waals surface area (Å²) in [5.41, 5.74) is 2.00. The van der Waals surface area contributed by atoms with E-state index in [9.17, 15) is 9.59 Å². The van der Waals surface area contributed by atoms with Crippen LogP contribution in [-0.4, -0.2) is 11.8 Å². The molecule has 0 fully saturated rings. The third kappa shape index (κ3) is 5.74. The van der Waals surface area contributed by atoms with Gasteiger partial charge >= 0.3 is 0 Å². The van der Waals surface area contributed by atoms with E-state index >= 15 is 0 Å². The monoisotopic (exact) mass is 418 g/mol. The van der Waals surface area contributed by atoms with Crippen molar-refractivity contribution < 1.29 is 9.59 Å². The van der Waals surface area contributed by atoms with Crippen LogP contribution in [0.5, 0.6) is 0 Å². The number of hydrogen-bond acceptors (Lipinski definition) is 3. The van der Waals surface area contributed by atoms with Crippen LogP contribution in [0.1, 0.15) is 37.0 Å². The maximum atomic E-state index is 12.7. The van der Waals surface area contributed by atoms with Gasteiger partial charge in [0.2, 0.25) is 5.91 Å². The number of anilines is 2. The predicted octanol–water partition coefficient (Wildman–Crippen LogP) is 6.46. The predicted molar refractivity (Wildman–Crippen MR) is 124 cm³/mol. The zero-order chi connectivity index (χ0) is 21.3. The van der Waals surface area contributed by atoms with Gasteiger partial charge in [0, 0.05) is 27.0 Å². The summed E-state index contributed by atoms with van der Waals surface area (Å²) < 4.78 is 0. The first-order valence-corrected chi connectivity index (χ1v) is 11.0. The molecule has 0 aliphatic heterocycles. The van der Waals surface area contributed by atoms with Gasteiger partial charge in [0.15, 0.2) is 0 Å². The van der Waals surface area contributed by atoms with Crippen LogP contribution in [0.3, 0.4) is 0 Å². The molecular formula is C25H26N2O2S. The van der Waals surface area contributed by atoms with Gasteiger partial charge in [-0.2, -0.15) is 0 Å². The minimum atomic E-state index is -0.186. The van der Waals surface area contributed by atoms with Gasteiger partial charge < -0.3 is 10.6 Å². The Morgan fingerprint density at radius 3 is 2.10 bits per heavy atom. The molecule has 0 saturated heterocycles. The molecule has 0 heterocycles. The molecular weight excluding hydrogens is 392 g/mol. The fourth-order valence-corrected chi connectivity index (χ4v) is 4.00. The second-order valence-electron chi connectivity index (χ2n) is 6.95. The van der Waals surface area contributed by atoms with Crippen LogP contribution >= 0.6 is 11.8 Å². The van der Waals surface area contributed by atoms with Crippen LogP contribution in [0.15, 0.2) is 88.7 Å². The summed E-state index contributed by atoms with van der Waals surface area (Å²) >= 11 is 1.61. The first-order chi connectivity index (χ1) is 14.6. The zero-order valence-electron chi connectivity index (χ0n) is 17.2. The molecule has 0 aliphatic rings. The third-order valence-electron chi connectivity index (χ3n) is 4.88. The van der Waals surface area contributed by atoms with Crippen LogP contribution in [0.2, 0.25) is 0 Å². The largest absolute Gasteiger partial charge is 0.326 e. The standard InChI is InChI=1S/C25H26N2O2S/c1-3-18(4-2)24(28)26-20-16-14-19(15-17-20)25(29)27-22-12-8-9-13-23(22)30-21-10-6-5-7-11-21/h5-18H,3-4H2,1-2H3,(H,26,28)(H,27,29). The highest BCUT2D eigenvalue weighted by molar-refractivity contribution is 7.99. The van der Waals surface area contributed by atoms with E-state index in [0.717, 1.165) is 28.3 Å². The van der Waals surface area contributed by atoms with E-state index in [1.165, 1.54) is 0 Å². The number of rotatable bonds is 8. The van der Waals surface area contributed by atoms with Crippen LogP contribution in [0.25, 0.3) is 0 Å². The summed E-state index contributed by atoms with van der Waals surface area (Å²) in [6, 6.07) is 24.8. The molecule has 154 valence electrons. The minimum Gasteiger partial charge on any atom is -0.326 e. The molecule has 2 N–H and O–H groups in total. The lowest BCUT2D eigenvalue weighted by molar-refractivity contribution is -0.120. The van der Waals surface area contributed by atoms with E-state index in [4.69, 9.17) is 0 Å². The quantitative estimate of drug-likeness (QED) is 0.441. The minimum absolute atomic E-state index is 0.00610. The normalized spacial score (nSPS) is 10.6. The molecule has 0 unspecified atom stereocenters. The molecule has 0 aromatic heterocycles. The molecule has 4 nitrogen and oxygen atoms in total. The van der Waals surface area contributed by atoms with Crippen molar-refractivity contribution in [3.05, 3.63) is 84.4 Å². The average molecular weight is 419 g/mol. The lowest BCUT2D eigenvalue weighted by Crippen LogP contribution is -2.21. The molecule has 0 atom stereocenters. The van der Waals surface area contributed by atoms with Gasteiger partial charge in [-0.25, -0.2) is 0 Å². The Morgan fingerprint density at radius 2 is 1.43 bits per heavy atom. The second kappa shape index (κ2) is 10.6. The molecule has 0 bridgehead atoms. The molecule has 2 amide bonds. The maximum absolute atomic E-state index is 12.7. The molecule has 3 aromatic rings. The van der Waals surface area contributed by atoms with Gasteiger partial charge in [0.1, 0.15) is 0 Å². The van der Waals surface area contributed by atoms with E-state index in [2.05, 4.69) is 10.6 Å². The van der Waals surface area contributed by atoms with Crippen molar-refractivity contribution in [2.24, 2.45) is 5.92 Å². The number of benzene rings is 3. The Hall–Kier alpha value is -3.05. The van der Waals surface area contributed by atoms with Crippen molar-refractivity contribution in [3.63, 3.8) is 0 Å². The van der Waals surface area contributed by atoms with Crippen LogP contribution in [0, 0.1) is 5.92 Å². The van der Waals surface area contributed by atoms with Crippen LogP contribution in [0.4, 0.5) is 11.4 Å². The number of carbonyl (C=O) groups excluding carboxylic acids is 2. The fourth-order valence-electron chi connectivity index (χ4n) is 3.08. The number of para-hydroxylation sites is 1. The van der Waals surface area contributed by atoms with E-state index in [1.807, 2.05) is 68.4 Å². The molecule has 0 aliphatic carbocycles. The van der Waals surface area contributed by atoms with Gasteiger partial charge in [-0.15, -0.1) is 0 Å². The van der Waals surface area contributed by atoms with Gasteiger partial charge in [-0.3, -0.25) is 9.59 Å². The molecule has 3 rings (SSSR count). The molecule has 0 saturated carbocycles. The van der Waals surface area contributed by atoms with Gasteiger partial charge in [0.25, 0.3) is 5.91 Å². The smallest absolute Gasteiger partial charge is 0.255 e. The Balaban J connectivity index is 1.67. The van der Waals surface area contributed by atoms with E-state index < -0.39 is 0 Å². The number of amides is 2. The highest BCUT2D eigenvalue weighted by Crippen LogP contribution is 2.33. The van der Waals surface area contributed by atoms with Crippen molar-refractivity contribution in [2.45, 2.75) is 36.5 Å². The highest BCUT2D eigenvalue weighted by atomic mass is 32.2. The van der Waals surface area contributed by atoms with E-state index in [0.29, 0.717) is 11.3 Å². The topological polar surface area (TPSA) is 58.2 Å². The first-order valence-electron chi connectivity index (χ1n) is 10.1. The highest BCUT2D eigenvalue weighted by Gasteiger charge is 2.15. The Kier molecular flexibility index (Phi) is 7.69. The summed E-state index contributed by atoms with van der Waals surface area (Å²) in [7, 11) is 0. The van der Waals surface area contributed by atoms with Crippen molar-refractivity contribution >= 4 is 35.0 Å². The SMILES string of the molecule is CCC(CC)C(=O)Nc1ccc(C(=O)Nc2ccccc2Sc2ccccc2)cc1. The van der Waals surface area contributed by atoms with Crippen molar-refractivity contribution in [2.75, 3.05) is 10.6 Å². The summed E-state index contributed by atoms with van der Waals surface area (Å²) in [6.45, 7) is 4.02. The van der Waals surface area contributed by atoms with E-state index in [-0.39, 0.29) is 17.7 Å². The van der Waals surface area contributed by atoms with Gasteiger partial charge in [-0.1, -0.05) is 55.9 Å². The number of nitrogens with one attached hydrogen (secondary N) is 2.